The van der Waals surface area contributed by atoms with Crippen LogP contribution in [0.3, 0.4) is 0 Å². The second-order valence-electron chi connectivity index (χ2n) is 7.37. The zero-order chi connectivity index (χ0) is 19.9. The fraction of sp³-hybridized carbons (Fsp3) is 0.409. The van der Waals surface area contributed by atoms with Crippen LogP contribution in [0.25, 0.3) is 0 Å². The molecule has 0 unspecified atom stereocenters. The number of likely N-dealkylation sites (tertiary alicyclic amines) is 1. The Balaban J connectivity index is 1.52. The van der Waals surface area contributed by atoms with E-state index in [0.29, 0.717) is 13.1 Å². The van der Waals surface area contributed by atoms with Gasteiger partial charge < -0.3 is 15.8 Å². The molecule has 3 N–H and O–H groups in total. The number of rotatable bonds is 8. The molecule has 0 radical (unpaired) electrons. The van der Waals surface area contributed by atoms with E-state index in [-0.39, 0.29) is 23.4 Å². The Kier molecular flexibility index (Phi) is 7.01. The molecule has 1 heterocycles. The van der Waals surface area contributed by atoms with Crippen molar-refractivity contribution in [3.05, 3.63) is 65.0 Å². The summed E-state index contributed by atoms with van der Waals surface area (Å²) in [5, 5.41) is 3.35. The van der Waals surface area contributed by atoms with E-state index in [0.717, 1.165) is 38.0 Å². The summed E-state index contributed by atoms with van der Waals surface area (Å²) in [6.07, 6.45) is 1.90. The van der Waals surface area contributed by atoms with Gasteiger partial charge in [0, 0.05) is 26.2 Å². The lowest BCUT2D eigenvalue weighted by Crippen LogP contribution is -2.40. The van der Waals surface area contributed by atoms with Crippen LogP contribution in [-0.4, -0.2) is 31.0 Å². The third-order valence-electron chi connectivity index (χ3n) is 5.18. The normalized spacial score (nSPS) is 17.4. The quantitative estimate of drug-likeness (QED) is 0.733. The molecule has 1 aliphatic rings. The number of primary amides is 1. The van der Waals surface area contributed by atoms with Gasteiger partial charge in [0.15, 0.2) is 11.6 Å². The number of benzene rings is 2. The largest absolute Gasteiger partial charge is 0.494 e. The number of methoxy groups -OCH3 is 1. The monoisotopic (exact) mass is 385 g/mol. The smallest absolute Gasteiger partial charge is 0.221 e. The van der Waals surface area contributed by atoms with Gasteiger partial charge in [0.1, 0.15) is 0 Å². The molecule has 1 fully saturated rings. The topological polar surface area (TPSA) is 67.6 Å². The van der Waals surface area contributed by atoms with Crippen LogP contribution in [0.2, 0.25) is 0 Å². The van der Waals surface area contributed by atoms with Gasteiger partial charge in [-0.2, -0.15) is 0 Å². The van der Waals surface area contributed by atoms with Crippen molar-refractivity contribution in [2.24, 2.45) is 11.7 Å². The zero-order valence-electron chi connectivity index (χ0n) is 16.3. The maximum Gasteiger partial charge on any atom is 0.221 e. The number of piperidine rings is 1. The maximum atomic E-state index is 13.8. The number of hydrogen-bond acceptors (Lipinski definition) is 4. The standard InChI is InChI=1S/C22H28FN3O2/c1-28-21-8-7-17(11-20(21)23)13-25-12-16-4-2-5-18(10-16)14-26-9-3-6-19(15-26)22(24)27/h2,4-5,7-8,10-11,19,25H,3,6,9,12-15H2,1H3,(H2,24,27)/t19-/m1/s1. The molecule has 0 aromatic heterocycles. The van der Waals surface area contributed by atoms with E-state index in [2.05, 4.69) is 34.5 Å². The number of nitrogens with one attached hydrogen (secondary N) is 1. The summed E-state index contributed by atoms with van der Waals surface area (Å²) in [4.78, 5) is 13.8. The van der Waals surface area contributed by atoms with Gasteiger partial charge >= 0.3 is 0 Å². The number of nitrogens with two attached hydrogens (primary N) is 1. The van der Waals surface area contributed by atoms with Crippen molar-refractivity contribution in [1.82, 2.24) is 10.2 Å². The Morgan fingerprint density at radius 2 is 1.96 bits per heavy atom. The van der Waals surface area contributed by atoms with Crippen molar-refractivity contribution >= 4 is 5.91 Å². The minimum absolute atomic E-state index is 0.0384. The molecule has 28 heavy (non-hydrogen) atoms. The molecule has 0 aliphatic carbocycles. The Hall–Kier alpha value is -2.44. The van der Waals surface area contributed by atoms with Gasteiger partial charge in [0.25, 0.3) is 0 Å². The highest BCUT2D eigenvalue weighted by Gasteiger charge is 2.23. The third kappa shape index (κ3) is 5.53. The fourth-order valence-electron chi connectivity index (χ4n) is 3.70. The summed E-state index contributed by atoms with van der Waals surface area (Å²) in [6.45, 7) is 3.83. The van der Waals surface area contributed by atoms with Crippen LogP contribution in [-0.2, 0) is 24.4 Å². The molecule has 0 spiro atoms. The maximum absolute atomic E-state index is 13.8. The van der Waals surface area contributed by atoms with Gasteiger partial charge in [0.2, 0.25) is 5.91 Å². The first kappa shape index (κ1) is 20.3. The molecule has 1 aliphatic heterocycles. The van der Waals surface area contributed by atoms with Crippen molar-refractivity contribution in [2.45, 2.75) is 32.5 Å². The summed E-state index contributed by atoms with van der Waals surface area (Å²) in [5.41, 5.74) is 8.74. The molecule has 1 atom stereocenters. The first-order valence-electron chi connectivity index (χ1n) is 9.68. The summed E-state index contributed by atoms with van der Waals surface area (Å²) in [6, 6.07) is 13.4. The van der Waals surface area contributed by atoms with Gasteiger partial charge in [-0.25, -0.2) is 4.39 Å². The molecule has 2 aromatic rings. The van der Waals surface area contributed by atoms with Gasteiger partial charge in [-0.15, -0.1) is 0 Å². The Morgan fingerprint density at radius 1 is 1.21 bits per heavy atom. The predicted molar refractivity (Wildman–Crippen MR) is 107 cm³/mol. The number of amides is 1. The van der Waals surface area contributed by atoms with Crippen LogP contribution >= 0.6 is 0 Å². The highest BCUT2D eigenvalue weighted by atomic mass is 19.1. The Labute approximate surface area is 165 Å². The van der Waals surface area contributed by atoms with Gasteiger partial charge in [0.05, 0.1) is 13.0 Å². The van der Waals surface area contributed by atoms with Gasteiger partial charge in [-0.05, 0) is 48.2 Å². The molecule has 1 amide bonds. The van der Waals surface area contributed by atoms with Crippen LogP contribution in [0.5, 0.6) is 5.75 Å². The van der Waals surface area contributed by atoms with E-state index in [1.54, 1.807) is 6.07 Å². The molecule has 2 aromatic carbocycles. The van der Waals surface area contributed by atoms with E-state index in [1.807, 2.05) is 6.07 Å². The molecular weight excluding hydrogens is 357 g/mol. The van der Waals surface area contributed by atoms with Crippen LogP contribution in [0.4, 0.5) is 4.39 Å². The van der Waals surface area contributed by atoms with Crippen LogP contribution in [0.1, 0.15) is 29.5 Å². The first-order chi connectivity index (χ1) is 13.5. The van der Waals surface area contributed by atoms with Crippen LogP contribution in [0, 0.1) is 11.7 Å². The molecule has 1 saturated heterocycles. The molecule has 6 heteroatoms. The highest BCUT2D eigenvalue weighted by molar-refractivity contribution is 5.76. The number of halogens is 1. The number of nitrogens with zero attached hydrogens (tertiary/aromatic N) is 1. The van der Waals surface area contributed by atoms with Gasteiger partial charge in [-0.1, -0.05) is 30.3 Å². The Morgan fingerprint density at radius 3 is 2.68 bits per heavy atom. The van der Waals surface area contributed by atoms with E-state index in [9.17, 15) is 9.18 Å². The van der Waals surface area contributed by atoms with Crippen molar-refractivity contribution in [3.8, 4) is 5.75 Å². The third-order valence-corrected chi connectivity index (χ3v) is 5.18. The summed E-state index contributed by atoms with van der Waals surface area (Å²) in [5.74, 6) is -0.326. The Bertz CT molecular complexity index is 812. The lowest BCUT2D eigenvalue weighted by atomic mass is 9.97. The summed E-state index contributed by atoms with van der Waals surface area (Å²) >= 11 is 0. The highest BCUT2D eigenvalue weighted by Crippen LogP contribution is 2.19. The molecule has 0 bridgehead atoms. The molecule has 5 nitrogen and oxygen atoms in total. The number of ether oxygens (including phenoxy) is 1. The average Bonchev–Trinajstić information content (AvgIpc) is 2.69. The predicted octanol–water partition coefficient (Wildman–Crippen LogP) is 2.82. The van der Waals surface area contributed by atoms with Crippen molar-refractivity contribution in [2.75, 3.05) is 20.2 Å². The number of carbonyl (C=O) groups is 1. The summed E-state index contributed by atoms with van der Waals surface area (Å²) < 4.78 is 18.7. The zero-order valence-corrected chi connectivity index (χ0v) is 16.3. The summed E-state index contributed by atoms with van der Waals surface area (Å²) in [7, 11) is 1.46. The van der Waals surface area contributed by atoms with Gasteiger partial charge in [-0.3, -0.25) is 9.69 Å². The average molecular weight is 385 g/mol. The van der Waals surface area contributed by atoms with E-state index in [1.165, 1.54) is 24.3 Å². The molecular formula is C22H28FN3O2. The SMILES string of the molecule is COc1ccc(CNCc2cccc(CN3CCC[C@@H](C(N)=O)C3)c2)cc1F. The first-order valence-corrected chi connectivity index (χ1v) is 9.68. The minimum atomic E-state index is -0.348. The van der Waals surface area contributed by atoms with E-state index in [4.69, 9.17) is 10.5 Å². The molecule has 150 valence electrons. The van der Waals surface area contributed by atoms with Crippen LogP contribution in [0.15, 0.2) is 42.5 Å². The van der Waals surface area contributed by atoms with Crippen molar-refractivity contribution in [3.63, 3.8) is 0 Å². The second-order valence-corrected chi connectivity index (χ2v) is 7.37. The van der Waals surface area contributed by atoms with E-state index >= 15 is 0 Å². The van der Waals surface area contributed by atoms with Crippen molar-refractivity contribution in [1.29, 1.82) is 0 Å². The fourth-order valence-corrected chi connectivity index (χ4v) is 3.70. The lowest BCUT2D eigenvalue weighted by molar-refractivity contribution is -0.123. The second kappa shape index (κ2) is 9.66. The van der Waals surface area contributed by atoms with Crippen LogP contribution < -0.4 is 15.8 Å². The van der Waals surface area contributed by atoms with Crippen molar-refractivity contribution < 1.29 is 13.9 Å². The molecule has 3 rings (SSSR count). The van der Waals surface area contributed by atoms with E-state index < -0.39 is 0 Å². The number of hydrogen-bond donors (Lipinski definition) is 2. The minimum Gasteiger partial charge on any atom is -0.494 e. The number of carbonyl (C=O) groups excluding carboxylic acids is 1. The molecule has 0 saturated carbocycles. The lowest BCUT2D eigenvalue weighted by Gasteiger charge is -2.31.